The van der Waals surface area contributed by atoms with Crippen LogP contribution in [-0.2, 0) is 4.57 Å². The molecular weight excluding hydrogens is 517 g/mol. The summed E-state index contributed by atoms with van der Waals surface area (Å²) in [5.74, 6) is 0. The minimum Gasteiger partial charge on any atom is -0.378 e. The van der Waals surface area contributed by atoms with Crippen LogP contribution in [0.4, 0.5) is 0 Å². The minimum absolute atomic E-state index is 0.311. The lowest BCUT2D eigenvalue weighted by Crippen LogP contribution is -2.47. The Morgan fingerprint density at radius 2 is 0.675 bits per heavy atom. The van der Waals surface area contributed by atoms with Crippen molar-refractivity contribution in [3.63, 3.8) is 0 Å². The van der Waals surface area contributed by atoms with E-state index in [1.165, 1.54) is 141 Å². The Labute approximate surface area is 250 Å². The molecule has 0 aromatic carbocycles. The second kappa shape index (κ2) is 27.9. The third kappa shape index (κ3) is 21.7. The van der Waals surface area contributed by atoms with Crippen molar-refractivity contribution in [2.45, 2.75) is 218 Å². The van der Waals surface area contributed by atoms with Crippen LogP contribution >= 0.6 is 7.60 Å². The van der Waals surface area contributed by atoms with Gasteiger partial charge in [-0.2, -0.15) is 0 Å². The van der Waals surface area contributed by atoms with Gasteiger partial charge < -0.3 is 20.6 Å². The van der Waals surface area contributed by atoms with E-state index in [0.717, 1.165) is 38.5 Å². The minimum atomic E-state index is -4.51. The first-order valence-electron chi connectivity index (χ1n) is 17.8. The van der Waals surface area contributed by atoms with E-state index in [0.29, 0.717) is 12.8 Å². The first-order valence-corrected chi connectivity index (χ1v) is 19.4. The van der Waals surface area contributed by atoms with Gasteiger partial charge in [0.1, 0.15) is 11.4 Å². The Morgan fingerprint density at radius 1 is 0.475 bits per heavy atom. The van der Waals surface area contributed by atoms with Crippen molar-refractivity contribution in [1.82, 2.24) is 0 Å². The maximum atomic E-state index is 12.5. The molecule has 0 bridgehead atoms. The van der Waals surface area contributed by atoms with Gasteiger partial charge >= 0.3 is 7.60 Å². The summed E-state index contributed by atoms with van der Waals surface area (Å²) in [6, 6.07) is 0. The molecule has 0 amide bonds. The van der Waals surface area contributed by atoms with Gasteiger partial charge in [0.25, 0.3) is 0 Å². The van der Waals surface area contributed by atoms with Gasteiger partial charge in [-0.3, -0.25) is 4.57 Å². The van der Waals surface area contributed by atoms with E-state index in [-0.39, 0.29) is 0 Å². The molecule has 0 saturated carbocycles. The zero-order chi connectivity index (χ0) is 29.8. The normalized spacial score (nSPS) is 13.2. The number of hydrogen-bond acceptors (Lipinski definition) is 3. The van der Waals surface area contributed by atoms with E-state index in [2.05, 4.69) is 13.8 Å². The summed E-state index contributed by atoms with van der Waals surface area (Å²) in [6.07, 6.45) is 33.9. The Kier molecular flexibility index (Phi) is 27.9. The molecule has 242 valence electrons. The van der Waals surface area contributed by atoms with Gasteiger partial charge in [0.15, 0.2) is 0 Å². The first kappa shape index (κ1) is 40.1. The average Bonchev–Trinajstić information content (AvgIpc) is 2.91. The van der Waals surface area contributed by atoms with Crippen LogP contribution < -0.4 is 5.73 Å². The molecule has 0 aromatic rings. The standard InChI is InChI=1S/C34H72NO4P/c1-3-5-7-9-11-13-15-17-19-21-23-25-27-29-31-34(33(35)36,40(37,38)39)32-30-28-26-24-22-20-18-16-14-12-10-8-6-4-2/h33,36H,3-32,35H2,1-2H3,(H2,37,38,39). The molecule has 0 aliphatic heterocycles. The highest BCUT2D eigenvalue weighted by Crippen LogP contribution is 2.57. The van der Waals surface area contributed by atoms with E-state index < -0.39 is 19.0 Å². The van der Waals surface area contributed by atoms with Gasteiger partial charge in [-0.05, 0) is 12.8 Å². The van der Waals surface area contributed by atoms with Crippen molar-refractivity contribution >= 4 is 7.60 Å². The number of aliphatic hydroxyl groups is 1. The summed E-state index contributed by atoms with van der Waals surface area (Å²) in [5, 5.41) is 8.81. The maximum Gasteiger partial charge on any atom is 0.335 e. The molecular formula is C34H72NO4P. The first-order chi connectivity index (χ1) is 19.3. The number of rotatable bonds is 32. The van der Waals surface area contributed by atoms with Crippen LogP contribution in [0.5, 0.6) is 0 Å². The zero-order valence-corrected chi connectivity index (χ0v) is 28.0. The second-order valence-corrected chi connectivity index (χ2v) is 14.8. The second-order valence-electron chi connectivity index (χ2n) is 12.8. The van der Waals surface area contributed by atoms with Crippen molar-refractivity contribution in [2.24, 2.45) is 5.73 Å². The van der Waals surface area contributed by atoms with Crippen LogP contribution in [0.2, 0.25) is 0 Å². The predicted molar refractivity (Wildman–Crippen MR) is 175 cm³/mol. The van der Waals surface area contributed by atoms with Gasteiger partial charge in [0, 0.05) is 0 Å². The molecule has 0 saturated heterocycles. The lowest BCUT2D eigenvalue weighted by molar-refractivity contribution is 0.0983. The average molecular weight is 590 g/mol. The number of hydrogen-bond donors (Lipinski definition) is 4. The number of unbranched alkanes of at least 4 members (excludes halogenated alkanes) is 26. The largest absolute Gasteiger partial charge is 0.378 e. The van der Waals surface area contributed by atoms with Gasteiger partial charge in [-0.25, -0.2) is 0 Å². The molecule has 0 fully saturated rings. The fourth-order valence-corrected chi connectivity index (χ4v) is 7.38. The highest BCUT2D eigenvalue weighted by Gasteiger charge is 2.50. The third-order valence-electron chi connectivity index (χ3n) is 9.06. The zero-order valence-electron chi connectivity index (χ0n) is 27.1. The van der Waals surface area contributed by atoms with Crippen LogP contribution in [0.25, 0.3) is 0 Å². The lowest BCUT2D eigenvalue weighted by Gasteiger charge is -2.37. The Bertz CT molecular complexity index is 534. The lowest BCUT2D eigenvalue weighted by atomic mass is 9.91. The van der Waals surface area contributed by atoms with Crippen molar-refractivity contribution in [3.05, 3.63) is 0 Å². The van der Waals surface area contributed by atoms with E-state index in [1.54, 1.807) is 0 Å². The van der Waals surface area contributed by atoms with Crippen LogP contribution in [0, 0.1) is 0 Å². The highest BCUT2D eigenvalue weighted by molar-refractivity contribution is 7.53. The van der Waals surface area contributed by atoms with Crippen LogP contribution in [0.3, 0.4) is 0 Å². The Balaban J connectivity index is 3.97. The molecule has 5 N–H and O–H groups in total. The van der Waals surface area contributed by atoms with Gasteiger partial charge in [-0.1, -0.05) is 194 Å². The summed E-state index contributed by atoms with van der Waals surface area (Å²) in [6.45, 7) is 4.52. The Hall–Kier alpha value is 0.0700. The fourth-order valence-electron chi connectivity index (χ4n) is 6.14. The molecule has 0 radical (unpaired) electrons. The van der Waals surface area contributed by atoms with E-state index >= 15 is 0 Å². The van der Waals surface area contributed by atoms with Gasteiger partial charge in [-0.15, -0.1) is 0 Å². The maximum absolute atomic E-state index is 12.5. The number of nitrogens with two attached hydrogens (primary N) is 1. The molecule has 0 heterocycles. The highest BCUT2D eigenvalue weighted by atomic mass is 31.2. The van der Waals surface area contributed by atoms with Crippen molar-refractivity contribution in [3.8, 4) is 0 Å². The summed E-state index contributed by atoms with van der Waals surface area (Å²) in [5.41, 5.74) is 5.83. The topological polar surface area (TPSA) is 104 Å². The fraction of sp³-hybridized carbons (Fsp3) is 1.00. The summed E-state index contributed by atoms with van der Waals surface area (Å²) in [4.78, 5) is 20.4. The quantitative estimate of drug-likeness (QED) is 0.0355. The molecule has 0 spiro atoms. The molecule has 6 heteroatoms. The number of aliphatic hydroxyl groups excluding tert-OH is 1. The summed E-state index contributed by atoms with van der Waals surface area (Å²) in [7, 11) is -4.51. The van der Waals surface area contributed by atoms with Crippen molar-refractivity contribution in [2.75, 3.05) is 0 Å². The van der Waals surface area contributed by atoms with Crippen LogP contribution in [0.15, 0.2) is 0 Å². The molecule has 40 heavy (non-hydrogen) atoms. The smallest absolute Gasteiger partial charge is 0.335 e. The van der Waals surface area contributed by atoms with E-state index in [1.807, 2.05) is 0 Å². The Morgan fingerprint density at radius 3 is 0.850 bits per heavy atom. The SMILES string of the molecule is CCCCCCCCCCCCCCCCC(CCCCCCCCCCCCCCCC)(C(N)O)P(=O)(O)O. The molecule has 0 rings (SSSR count). The molecule has 0 aromatic heterocycles. The van der Waals surface area contributed by atoms with Crippen molar-refractivity contribution < 1.29 is 19.5 Å². The predicted octanol–water partition coefficient (Wildman–Crippen LogP) is 10.9. The van der Waals surface area contributed by atoms with Crippen molar-refractivity contribution in [1.29, 1.82) is 0 Å². The van der Waals surface area contributed by atoms with Crippen LogP contribution in [-0.4, -0.2) is 26.3 Å². The van der Waals surface area contributed by atoms with Gasteiger partial charge in [0.05, 0.1) is 0 Å². The van der Waals surface area contributed by atoms with E-state index in [9.17, 15) is 19.5 Å². The summed E-state index contributed by atoms with van der Waals surface area (Å²) >= 11 is 0. The monoisotopic (exact) mass is 590 g/mol. The summed E-state index contributed by atoms with van der Waals surface area (Å²) < 4.78 is 12.5. The van der Waals surface area contributed by atoms with Gasteiger partial charge in [0.2, 0.25) is 0 Å². The molecule has 5 nitrogen and oxygen atoms in total. The third-order valence-corrected chi connectivity index (χ3v) is 10.9. The van der Waals surface area contributed by atoms with E-state index in [4.69, 9.17) is 5.73 Å². The molecule has 0 aliphatic carbocycles. The molecule has 0 aliphatic rings. The molecule has 1 unspecified atom stereocenters. The molecule has 1 atom stereocenters. The van der Waals surface area contributed by atoms with Crippen LogP contribution in [0.1, 0.15) is 206 Å².